The summed E-state index contributed by atoms with van der Waals surface area (Å²) in [6.45, 7) is 4.63. The lowest BCUT2D eigenvalue weighted by Gasteiger charge is -2.16. The maximum atomic E-state index is 11.9. The second-order valence-electron chi connectivity index (χ2n) is 5.38. The third kappa shape index (κ3) is 7.11. The standard InChI is InChI=1S/C16H27N3O2/c1-13-12-14(17)7-8-15(13)18-16(20)6-4-9-19(2)10-5-11-21-3/h7-8,12H,4-6,9-11,17H2,1-3H3,(H,18,20). The number of anilines is 2. The molecule has 0 bridgehead atoms. The maximum absolute atomic E-state index is 11.9. The van der Waals surface area contributed by atoms with E-state index in [4.69, 9.17) is 10.5 Å². The topological polar surface area (TPSA) is 67.6 Å². The Bertz CT molecular complexity index is 449. The summed E-state index contributed by atoms with van der Waals surface area (Å²) in [6, 6.07) is 5.50. The van der Waals surface area contributed by atoms with E-state index >= 15 is 0 Å². The molecule has 0 spiro atoms. The first-order valence-corrected chi connectivity index (χ1v) is 7.36. The zero-order chi connectivity index (χ0) is 15.7. The number of methoxy groups -OCH3 is 1. The molecule has 0 heterocycles. The Hall–Kier alpha value is -1.59. The fraction of sp³-hybridized carbons (Fsp3) is 0.562. The predicted molar refractivity (Wildman–Crippen MR) is 87.4 cm³/mol. The molecule has 1 rings (SSSR count). The number of nitrogens with zero attached hydrogens (tertiary/aromatic N) is 1. The lowest BCUT2D eigenvalue weighted by molar-refractivity contribution is -0.116. The molecule has 0 aliphatic carbocycles. The fourth-order valence-corrected chi connectivity index (χ4v) is 2.14. The number of carbonyl (C=O) groups excluding carboxylic acids is 1. The molecule has 0 atom stereocenters. The zero-order valence-corrected chi connectivity index (χ0v) is 13.3. The normalized spacial score (nSPS) is 10.9. The Morgan fingerprint density at radius 1 is 1.33 bits per heavy atom. The Balaban J connectivity index is 2.25. The molecule has 0 fully saturated rings. The summed E-state index contributed by atoms with van der Waals surface area (Å²) in [4.78, 5) is 14.1. The third-order valence-electron chi connectivity index (χ3n) is 3.36. The Kier molecular flexibility index (Phi) is 7.79. The van der Waals surface area contributed by atoms with Crippen LogP contribution < -0.4 is 11.1 Å². The summed E-state index contributed by atoms with van der Waals surface area (Å²) >= 11 is 0. The van der Waals surface area contributed by atoms with E-state index in [-0.39, 0.29) is 5.91 Å². The first kappa shape index (κ1) is 17.5. The van der Waals surface area contributed by atoms with Gasteiger partial charge in [-0.15, -0.1) is 0 Å². The first-order chi connectivity index (χ1) is 10.0. The quantitative estimate of drug-likeness (QED) is 0.541. The smallest absolute Gasteiger partial charge is 0.224 e. The summed E-state index contributed by atoms with van der Waals surface area (Å²) in [7, 11) is 3.78. The highest BCUT2D eigenvalue weighted by atomic mass is 16.5. The van der Waals surface area contributed by atoms with E-state index in [0.29, 0.717) is 12.1 Å². The molecule has 3 N–H and O–H groups in total. The van der Waals surface area contributed by atoms with Crippen molar-refractivity contribution in [3.05, 3.63) is 23.8 Å². The first-order valence-electron chi connectivity index (χ1n) is 7.36. The molecule has 1 aromatic carbocycles. The zero-order valence-electron chi connectivity index (χ0n) is 13.3. The summed E-state index contributed by atoms with van der Waals surface area (Å²) in [5.74, 6) is 0.0492. The number of ether oxygens (including phenoxy) is 1. The highest BCUT2D eigenvalue weighted by Gasteiger charge is 2.06. The number of hydrogen-bond acceptors (Lipinski definition) is 4. The minimum Gasteiger partial charge on any atom is -0.399 e. The van der Waals surface area contributed by atoms with Gasteiger partial charge in [-0.05, 0) is 57.1 Å². The van der Waals surface area contributed by atoms with Crippen LogP contribution >= 0.6 is 0 Å². The largest absolute Gasteiger partial charge is 0.399 e. The van der Waals surface area contributed by atoms with Crippen LogP contribution in [0.1, 0.15) is 24.8 Å². The van der Waals surface area contributed by atoms with E-state index in [2.05, 4.69) is 17.3 Å². The number of rotatable bonds is 9. The van der Waals surface area contributed by atoms with Crippen LogP contribution in [0.15, 0.2) is 18.2 Å². The minimum atomic E-state index is 0.0492. The van der Waals surface area contributed by atoms with Crippen LogP contribution in [0.2, 0.25) is 0 Å². The number of hydrogen-bond donors (Lipinski definition) is 2. The molecule has 21 heavy (non-hydrogen) atoms. The predicted octanol–water partition coefficient (Wildman–Crippen LogP) is 2.26. The lowest BCUT2D eigenvalue weighted by Crippen LogP contribution is -2.23. The fourth-order valence-electron chi connectivity index (χ4n) is 2.14. The van der Waals surface area contributed by atoms with E-state index in [9.17, 15) is 4.79 Å². The van der Waals surface area contributed by atoms with Crippen molar-refractivity contribution in [3.63, 3.8) is 0 Å². The summed E-state index contributed by atoms with van der Waals surface area (Å²) in [6.07, 6.45) is 2.39. The van der Waals surface area contributed by atoms with E-state index < -0.39 is 0 Å². The van der Waals surface area contributed by atoms with Crippen molar-refractivity contribution in [2.45, 2.75) is 26.2 Å². The van der Waals surface area contributed by atoms with Crippen molar-refractivity contribution < 1.29 is 9.53 Å². The van der Waals surface area contributed by atoms with E-state index in [0.717, 1.165) is 43.8 Å². The van der Waals surface area contributed by atoms with Crippen LogP contribution in [0.3, 0.4) is 0 Å². The maximum Gasteiger partial charge on any atom is 0.224 e. The van der Waals surface area contributed by atoms with Crippen molar-refractivity contribution >= 4 is 17.3 Å². The molecule has 118 valence electrons. The number of aryl methyl sites for hydroxylation is 1. The lowest BCUT2D eigenvalue weighted by atomic mass is 10.1. The molecule has 1 aromatic rings. The summed E-state index contributed by atoms with van der Waals surface area (Å²) in [5, 5.41) is 2.93. The Morgan fingerprint density at radius 3 is 2.71 bits per heavy atom. The average Bonchev–Trinajstić information content (AvgIpc) is 2.42. The molecule has 0 aliphatic heterocycles. The molecule has 0 aromatic heterocycles. The second kappa shape index (κ2) is 9.37. The number of benzene rings is 1. The Labute approximate surface area is 127 Å². The van der Waals surface area contributed by atoms with Gasteiger partial charge in [0.25, 0.3) is 0 Å². The number of nitrogens with two attached hydrogens (primary N) is 1. The van der Waals surface area contributed by atoms with Gasteiger partial charge in [-0.3, -0.25) is 4.79 Å². The highest BCUT2D eigenvalue weighted by Crippen LogP contribution is 2.17. The SMILES string of the molecule is COCCCN(C)CCCC(=O)Nc1ccc(N)cc1C. The van der Waals surface area contributed by atoms with Crippen molar-refractivity contribution in [2.24, 2.45) is 0 Å². The highest BCUT2D eigenvalue weighted by molar-refractivity contribution is 5.91. The van der Waals surface area contributed by atoms with Crippen LogP contribution in [0.25, 0.3) is 0 Å². The van der Waals surface area contributed by atoms with E-state index in [1.54, 1.807) is 13.2 Å². The van der Waals surface area contributed by atoms with Gasteiger partial charge in [0.05, 0.1) is 0 Å². The van der Waals surface area contributed by atoms with Crippen molar-refractivity contribution in [3.8, 4) is 0 Å². The van der Waals surface area contributed by atoms with Crippen LogP contribution in [0.4, 0.5) is 11.4 Å². The molecule has 0 radical (unpaired) electrons. The molecular weight excluding hydrogens is 266 g/mol. The molecule has 1 amide bonds. The summed E-state index contributed by atoms with van der Waals surface area (Å²) < 4.78 is 5.02. The Morgan fingerprint density at radius 2 is 2.05 bits per heavy atom. The molecule has 0 saturated heterocycles. The third-order valence-corrected chi connectivity index (χ3v) is 3.36. The van der Waals surface area contributed by atoms with Crippen molar-refractivity contribution in [1.82, 2.24) is 4.90 Å². The monoisotopic (exact) mass is 293 g/mol. The van der Waals surface area contributed by atoms with Crippen LogP contribution in [-0.4, -0.2) is 44.7 Å². The van der Waals surface area contributed by atoms with E-state index in [1.807, 2.05) is 19.1 Å². The van der Waals surface area contributed by atoms with Gasteiger partial charge < -0.3 is 20.7 Å². The molecule has 5 heteroatoms. The van der Waals surface area contributed by atoms with Gasteiger partial charge in [0.1, 0.15) is 0 Å². The van der Waals surface area contributed by atoms with Gasteiger partial charge in [0, 0.05) is 38.1 Å². The molecule has 5 nitrogen and oxygen atoms in total. The van der Waals surface area contributed by atoms with Crippen LogP contribution in [0, 0.1) is 6.92 Å². The van der Waals surface area contributed by atoms with Gasteiger partial charge in [-0.1, -0.05) is 0 Å². The van der Waals surface area contributed by atoms with E-state index in [1.165, 1.54) is 0 Å². The van der Waals surface area contributed by atoms with Crippen molar-refractivity contribution in [2.75, 3.05) is 44.9 Å². The number of carbonyl (C=O) groups is 1. The molecule has 0 aliphatic rings. The van der Waals surface area contributed by atoms with Gasteiger partial charge in [-0.25, -0.2) is 0 Å². The van der Waals surface area contributed by atoms with Gasteiger partial charge in [-0.2, -0.15) is 0 Å². The minimum absolute atomic E-state index is 0.0492. The average molecular weight is 293 g/mol. The number of nitrogens with one attached hydrogen (secondary N) is 1. The molecule has 0 saturated carbocycles. The summed E-state index contributed by atoms with van der Waals surface area (Å²) in [5.41, 5.74) is 8.23. The molecular formula is C16H27N3O2. The van der Waals surface area contributed by atoms with Crippen LogP contribution in [0.5, 0.6) is 0 Å². The number of amides is 1. The van der Waals surface area contributed by atoms with Crippen molar-refractivity contribution in [1.29, 1.82) is 0 Å². The number of nitrogen functional groups attached to an aromatic ring is 1. The second-order valence-corrected chi connectivity index (χ2v) is 5.38. The molecule has 0 unspecified atom stereocenters. The van der Waals surface area contributed by atoms with Gasteiger partial charge in [0.2, 0.25) is 5.91 Å². The van der Waals surface area contributed by atoms with Gasteiger partial charge >= 0.3 is 0 Å². The van der Waals surface area contributed by atoms with Crippen LogP contribution in [-0.2, 0) is 9.53 Å². The van der Waals surface area contributed by atoms with Gasteiger partial charge in [0.15, 0.2) is 0 Å².